The molecule has 1 atom stereocenters. The summed E-state index contributed by atoms with van der Waals surface area (Å²) >= 11 is 0. The molecule has 1 N–H and O–H groups in total. The van der Waals surface area contributed by atoms with E-state index < -0.39 is 0 Å². The summed E-state index contributed by atoms with van der Waals surface area (Å²) in [6.45, 7) is 2.84. The van der Waals surface area contributed by atoms with E-state index in [1.807, 2.05) is 26.5 Å². The van der Waals surface area contributed by atoms with Crippen molar-refractivity contribution in [2.45, 2.75) is 44.2 Å². The minimum atomic E-state index is -0.0669. The summed E-state index contributed by atoms with van der Waals surface area (Å²) < 4.78 is 8.19. The monoisotopic (exact) mass is 237 g/mol. The van der Waals surface area contributed by atoms with Crippen molar-refractivity contribution >= 4 is 0 Å². The molecule has 4 nitrogen and oxygen atoms in total. The fourth-order valence-electron chi connectivity index (χ4n) is 3.06. The van der Waals surface area contributed by atoms with E-state index in [2.05, 4.69) is 21.8 Å². The van der Waals surface area contributed by atoms with Crippen LogP contribution in [0.1, 0.15) is 44.5 Å². The highest BCUT2D eigenvalue weighted by Gasteiger charge is 2.43. The van der Waals surface area contributed by atoms with Gasteiger partial charge in [0.1, 0.15) is 5.82 Å². The normalized spacial score (nSPS) is 20.6. The van der Waals surface area contributed by atoms with E-state index in [1.165, 1.54) is 12.8 Å². The highest BCUT2D eigenvalue weighted by Crippen LogP contribution is 2.42. The first-order valence-corrected chi connectivity index (χ1v) is 6.52. The summed E-state index contributed by atoms with van der Waals surface area (Å²) in [4.78, 5) is 4.48. The zero-order chi connectivity index (χ0) is 12.3. The van der Waals surface area contributed by atoms with Gasteiger partial charge in [-0.05, 0) is 26.8 Å². The number of hydrogen-bond donors (Lipinski definition) is 1. The summed E-state index contributed by atoms with van der Waals surface area (Å²) in [6, 6.07) is 0.185. The van der Waals surface area contributed by atoms with Crippen LogP contribution < -0.4 is 5.32 Å². The van der Waals surface area contributed by atoms with E-state index in [4.69, 9.17) is 4.74 Å². The number of imidazole rings is 1. The first kappa shape index (κ1) is 12.6. The number of likely N-dealkylation sites (N-methyl/N-ethyl adjacent to an activating group) is 1. The molecule has 0 aromatic carbocycles. The lowest BCUT2D eigenvalue weighted by atomic mass is 9.91. The first-order chi connectivity index (χ1) is 8.23. The predicted octanol–water partition coefficient (Wildman–Crippen LogP) is 2.03. The van der Waals surface area contributed by atoms with Crippen molar-refractivity contribution in [3.63, 3.8) is 0 Å². The number of nitrogens with one attached hydrogen (secondary N) is 1. The van der Waals surface area contributed by atoms with E-state index in [1.54, 1.807) is 0 Å². The summed E-state index contributed by atoms with van der Waals surface area (Å²) in [6.07, 6.45) is 8.60. The van der Waals surface area contributed by atoms with Crippen molar-refractivity contribution in [3.8, 4) is 0 Å². The molecule has 0 aliphatic heterocycles. The number of nitrogens with zero attached hydrogens (tertiary/aromatic N) is 2. The Bertz CT molecular complexity index is 355. The summed E-state index contributed by atoms with van der Waals surface area (Å²) in [7, 11) is 4.04. The van der Waals surface area contributed by atoms with Gasteiger partial charge in [-0.25, -0.2) is 4.98 Å². The molecule has 0 spiro atoms. The van der Waals surface area contributed by atoms with Crippen LogP contribution in [0.15, 0.2) is 12.4 Å². The molecule has 1 aromatic rings. The Balaban J connectivity index is 2.29. The molecule has 1 saturated carbocycles. The van der Waals surface area contributed by atoms with Gasteiger partial charge >= 0.3 is 0 Å². The van der Waals surface area contributed by atoms with Crippen molar-refractivity contribution < 1.29 is 4.74 Å². The maximum atomic E-state index is 6.11. The minimum absolute atomic E-state index is 0.0669. The second-order valence-corrected chi connectivity index (χ2v) is 4.82. The zero-order valence-corrected chi connectivity index (χ0v) is 11.1. The maximum absolute atomic E-state index is 6.11. The Morgan fingerprint density at radius 1 is 1.53 bits per heavy atom. The number of aromatic nitrogens is 2. The van der Waals surface area contributed by atoms with Crippen LogP contribution >= 0.6 is 0 Å². The highest BCUT2D eigenvalue weighted by atomic mass is 16.5. The Labute approximate surface area is 103 Å². The molecule has 1 heterocycles. The van der Waals surface area contributed by atoms with Gasteiger partial charge in [0.05, 0.1) is 11.6 Å². The summed E-state index contributed by atoms with van der Waals surface area (Å²) in [5.41, 5.74) is -0.0669. The predicted molar refractivity (Wildman–Crippen MR) is 67.8 cm³/mol. The lowest BCUT2D eigenvalue weighted by Gasteiger charge is -2.36. The van der Waals surface area contributed by atoms with Gasteiger partial charge in [0, 0.05) is 26.0 Å². The average molecular weight is 237 g/mol. The van der Waals surface area contributed by atoms with Gasteiger partial charge in [-0.1, -0.05) is 12.8 Å². The van der Waals surface area contributed by atoms with E-state index in [9.17, 15) is 0 Å². The number of aryl methyl sites for hydroxylation is 1. The molecule has 4 heteroatoms. The van der Waals surface area contributed by atoms with Crippen LogP contribution in [0.4, 0.5) is 0 Å². The van der Waals surface area contributed by atoms with Crippen LogP contribution in [0.3, 0.4) is 0 Å². The molecule has 0 radical (unpaired) electrons. The van der Waals surface area contributed by atoms with Crippen molar-refractivity contribution in [3.05, 3.63) is 18.2 Å². The third-order valence-corrected chi connectivity index (χ3v) is 3.81. The average Bonchev–Trinajstić information content (AvgIpc) is 2.92. The van der Waals surface area contributed by atoms with Crippen molar-refractivity contribution in [1.82, 2.24) is 14.9 Å². The maximum Gasteiger partial charge on any atom is 0.128 e. The SMILES string of the molecule is CCOC1(C(NC)c2nccn2C)CCCC1. The molecular weight excluding hydrogens is 214 g/mol. The standard InChI is InChI=1S/C13H23N3O/c1-4-17-13(7-5-6-8-13)11(14-2)12-15-9-10-16(12)3/h9-11,14H,4-8H2,1-3H3. The Morgan fingerprint density at radius 3 is 2.71 bits per heavy atom. The van der Waals surface area contributed by atoms with Gasteiger partial charge in [-0.15, -0.1) is 0 Å². The first-order valence-electron chi connectivity index (χ1n) is 6.52. The molecular formula is C13H23N3O. The molecule has 0 amide bonds. The van der Waals surface area contributed by atoms with Crippen molar-refractivity contribution in [2.24, 2.45) is 7.05 Å². The zero-order valence-electron chi connectivity index (χ0n) is 11.1. The number of ether oxygens (including phenoxy) is 1. The largest absolute Gasteiger partial charge is 0.373 e. The quantitative estimate of drug-likeness (QED) is 0.851. The van der Waals surface area contributed by atoms with E-state index in [0.717, 1.165) is 25.3 Å². The molecule has 1 fully saturated rings. The molecule has 1 aliphatic rings. The van der Waals surface area contributed by atoms with Gasteiger partial charge in [0.15, 0.2) is 0 Å². The molecule has 1 aliphatic carbocycles. The van der Waals surface area contributed by atoms with Gasteiger partial charge in [0.2, 0.25) is 0 Å². The fourth-order valence-corrected chi connectivity index (χ4v) is 3.06. The van der Waals surface area contributed by atoms with E-state index >= 15 is 0 Å². The fraction of sp³-hybridized carbons (Fsp3) is 0.769. The van der Waals surface area contributed by atoms with Gasteiger partial charge in [0.25, 0.3) is 0 Å². The van der Waals surface area contributed by atoms with Crippen LogP contribution in [0.2, 0.25) is 0 Å². The molecule has 0 bridgehead atoms. The van der Waals surface area contributed by atoms with Crippen LogP contribution in [0.5, 0.6) is 0 Å². The smallest absolute Gasteiger partial charge is 0.128 e. The van der Waals surface area contributed by atoms with Gasteiger partial charge in [-0.2, -0.15) is 0 Å². The minimum Gasteiger partial charge on any atom is -0.373 e. The molecule has 1 unspecified atom stereocenters. The summed E-state index contributed by atoms with van der Waals surface area (Å²) in [5.74, 6) is 1.07. The number of hydrogen-bond acceptors (Lipinski definition) is 3. The van der Waals surface area contributed by atoms with E-state index in [-0.39, 0.29) is 11.6 Å². The summed E-state index contributed by atoms with van der Waals surface area (Å²) in [5, 5.41) is 3.40. The van der Waals surface area contributed by atoms with Crippen LogP contribution in [-0.4, -0.2) is 28.8 Å². The molecule has 1 aromatic heterocycles. The highest BCUT2D eigenvalue weighted by molar-refractivity contribution is 5.09. The second kappa shape index (κ2) is 5.19. The van der Waals surface area contributed by atoms with Crippen molar-refractivity contribution in [1.29, 1.82) is 0 Å². The Kier molecular flexibility index (Phi) is 3.84. The second-order valence-electron chi connectivity index (χ2n) is 4.82. The lowest BCUT2D eigenvalue weighted by Crippen LogP contribution is -2.44. The molecule has 17 heavy (non-hydrogen) atoms. The van der Waals surface area contributed by atoms with Crippen LogP contribution in [-0.2, 0) is 11.8 Å². The molecule has 0 saturated heterocycles. The van der Waals surface area contributed by atoms with Crippen molar-refractivity contribution in [2.75, 3.05) is 13.7 Å². The Morgan fingerprint density at radius 2 is 2.24 bits per heavy atom. The van der Waals surface area contributed by atoms with Crippen LogP contribution in [0, 0.1) is 0 Å². The molecule has 96 valence electrons. The van der Waals surface area contributed by atoms with Gasteiger partial charge in [-0.3, -0.25) is 0 Å². The third kappa shape index (κ3) is 2.24. The van der Waals surface area contributed by atoms with Crippen LogP contribution in [0.25, 0.3) is 0 Å². The van der Waals surface area contributed by atoms with Gasteiger partial charge < -0.3 is 14.6 Å². The molecule has 2 rings (SSSR count). The topological polar surface area (TPSA) is 39.1 Å². The third-order valence-electron chi connectivity index (χ3n) is 3.81. The van der Waals surface area contributed by atoms with E-state index in [0.29, 0.717) is 0 Å². The lowest BCUT2D eigenvalue weighted by molar-refractivity contribution is -0.0635. The Hall–Kier alpha value is -0.870. The number of rotatable bonds is 5.